The Morgan fingerprint density at radius 2 is 2.24 bits per heavy atom. The van der Waals surface area contributed by atoms with Crippen molar-refractivity contribution in [2.75, 3.05) is 23.7 Å². The molecule has 92 valence electrons. The molecule has 7 heteroatoms. The third-order valence-corrected chi connectivity index (χ3v) is 3.02. The van der Waals surface area contributed by atoms with Gasteiger partial charge in [-0.2, -0.15) is 4.98 Å². The molecule has 1 aliphatic heterocycles. The van der Waals surface area contributed by atoms with E-state index >= 15 is 0 Å². The van der Waals surface area contributed by atoms with Crippen molar-refractivity contribution in [2.24, 2.45) is 0 Å². The maximum Gasteiger partial charge on any atom is 0.245 e. The van der Waals surface area contributed by atoms with Gasteiger partial charge < -0.3 is 16.0 Å². The van der Waals surface area contributed by atoms with Crippen LogP contribution in [0, 0.1) is 0 Å². The molecule has 1 saturated heterocycles. The van der Waals surface area contributed by atoms with Crippen molar-refractivity contribution < 1.29 is 4.79 Å². The molecule has 3 N–H and O–H groups in total. The van der Waals surface area contributed by atoms with Crippen molar-refractivity contribution in [2.45, 2.75) is 19.4 Å². The third-order valence-electron chi connectivity index (χ3n) is 2.83. The van der Waals surface area contributed by atoms with Crippen molar-refractivity contribution >= 4 is 29.3 Å². The Morgan fingerprint density at radius 3 is 2.88 bits per heavy atom. The van der Waals surface area contributed by atoms with Gasteiger partial charge >= 0.3 is 0 Å². The third kappa shape index (κ3) is 2.12. The monoisotopic (exact) mass is 255 g/mol. The van der Waals surface area contributed by atoms with Gasteiger partial charge in [0.2, 0.25) is 11.9 Å². The van der Waals surface area contributed by atoms with Crippen LogP contribution in [-0.2, 0) is 4.79 Å². The predicted molar refractivity (Wildman–Crippen MR) is 65.9 cm³/mol. The number of nitrogens with two attached hydrogens (primary N) is 1. The van der Waals surface area contributed by atoms with Gasteiger partial charge in [0.1, 0.15) is 16.5 Å². The van der Waals surface area contributed by atoms with Crippen molar-refractivity contribution in [1.29, 1.82) is 0 Å². The number of hydrogen-bond donors (Lipinski definition) is 2. The summed E-state index contributed by atoms with van der Waals surface area (Å²) in [5.41, 5.74) is 4.88. The molecule has 1 fully saturated rings. The van der Waals surface area contributed by atoms with E-state index in [9.17, 15) is 4.79 Å². The van der Waals surface area contributed by atoms with Crippen molar-refractivity contribution in [3.8, 4) is 0 Å². The zero-order valence-corrected chi connectivity index (χ0v) is 10.5. The Balaban J connectivity index is 2.41. The van der Waals surface area contributed by atoms with Crippen molar-refractivity contribution in [1.82, 2.24) is 15.3 Å². The summed E-state index contributed by atoms with van der Waals surface area (Å²) in [6.45, 7) is 4.89. The highest BCUT2D eigenvalue weighted by atomic mass is 35.5. The van der Waals surface area contributed by atoms with Crippen LogP contribution in [-0.4, -0.2) is 34.5 Å². The van der Waals surface area contributed by atoms with Gasteiger partial charge in [0.25, 0.3) is 0 Å². The van der Waals surface area contributed by atoms with Crippen LogP contribution < -0.4 is 16.0 Å². The Kier molecular flexibility index (Phi) is 2.82. The molecule has 1 aromatic rings. The lowest BCUT2D eigenvalue weighted by Crippen LogP contribution is -2.62. The summed E-state index contributed by atoms with van der Waals surface area (Å²) >= 11 is 5.84. The van der Waals surface area contributed by atoms with Crippen LogP contribution >= 0.6 is 11.6 Å². The number of nitrogens with zero attached hydrogens (tertiary/aromatic N) is 3. The summed E-state index contributed by atoms with van der Waals surface area (Å²) in [5.74, 6) is 0.633. The Hall–Kier alpha value is -1.56. The SMILES string of the molecule is CC1(C)C(=O)NCCN1c1cc(Cl)nc(N)n1. The van der Waals surface area contributed by atoms with E-state index < -0.39 is 5.54 Å². The molecular formula is C10H14ClN5O. The number of piperazine rings is 1. The van der Waals surface area contributed by atoms with Crippen LogP contribution in [0.4, 0.5) is 11.8 Å². The van der Waals surface area contributed by atoms with E-state index in [0.717, 1.165) is 0 Å². The molecule has 0 bridgehead atoms. The van der Waals surface area contributed by atoms with Crippen LogP contribution in [0.1, 0.15) is 13.8 Å². The highest BCUT2D eigenvalue weighted by Crippen LogP contribution is 2.26. The maximum atomic E-state index is 11.8. The fourth-order valence-corrected chi connectivity index (χ4v) is 2.05. The van der Waals surface area contributed by atoms with Crippen LogP contribution in [0.15, 0.2) is 6.07 Å². The van der Waals surface area contributed by atoms with E-state index in [1.165, 1.54) is 0 Å². The number of anilines is 2. The number of rotatable bonds is 1. The van der Waals surface area contributed by atoms with E-state index in [-0.39, 0.29) is 17.0 Å². The summed E-state index contributed by atoms with van der Waals surface area (Å²) < 4.78 is 0. The first-order valence-electron chi connectivity index (χ1n) is 5.27. The number of amides is 1. The lowest BCUT2D eigenvalue weighted by Gasteiger charge is -2.41. The quantitative estimate of drug-likeness (QED) is 0.711. The molecule has 0 aliphatic carbocycles. The minimum atomic E-state index is -0.678. The van der Waals surface area contributed by atoms with Crippen molar-refractivity contribution in [3.05, 3.63) is 11.2 Å². The number of aromatic nitrogens is 2. The van der Waals surface area contributed by atoms with Gasteiger partial charge in [0.05, 0.1) is 0 Å². The van der Waals surface area contributed by atoms with Crippen LogP contribution in [0.25, 0.3) is 0 Å². The van der Waals surface area contributed by atoms with Gasteiger partial charge in [-0.05, 0) is 13.8 Å². The summed E-state index contributed by atoms with van der Waals surface area (Å²) in [6, 6.07) is 1.61. The van der Waals surface area contributed by atoms with Gasteiger partial charge in [-0.3, -0.25) is 4.79 Å². The number of halogens is 1. The average Bonchev–Trinajstić information content (AvgIpc) is 2.20. The van der Waals surface area contributed by atoms with E-state index in [2.05, 4.69) is 15.3 Å². The number of nitrogens with one attached hydrogen (secondary N) is 1. The summed E-state index contributed by atoms with van der Waals surface area (Å²) in [7, 11) is 0. The van der Waals surface area contributed by atoms with Crippen LogP contribution in [0.5, 0.6) is 0 Å². The summed E-state index contributed by atoms with van der Waals surface area (Å²) in [5, 5.41) is 3.09. The zero-order chi connectivity index (χ0) is 12.6. The number of hydrogen-bond acceptors (Lipinski definition) is 5. The topological polar surface area (TPSA) is 84.1 Å². The first kappa shape index (κ1) is 11.9. The molecule has 0 aromatic carbocycles. The van der Waals surface area contributed by atoms with Gasteiger partial charge in [-0.15, -0.1) is 0 Å². The Bertz CT molecular complexity index is 442. The molecule has 1 amide bonds. The van der Waals surface area contributed by atoms with Crippen molar-refractivity contribution in [3.63, 3.8) is 0 Å². The zero-order valence-electron chi connectivity index (χ0n) is 9.70. The molecule has 0 atom stereocenters. The molecule has 0 saturated carbocycles. The van der Waals surface area contributed by atoms with Crippen LogP contribution in [0.2, 0.25) is 5.15 Å². The predicted octanol–water partition coefficient (Wildman–Crippen LogP) is 0.427. The number of carbonyl (C=O) groups is 1. The standard InChI is InChI=1S/C10H14ClN5O/c1-10(2)8(17)13-3-4-16(10)7-5-6(11)14-9(12)15-7/h5H,3-4H2,1-2H3,(H,13,17)(H2,12,14,15). The minimum Gasteiger partial charge on any atom is -0.368 e. The summed E-state index contributed by atoms with van der Waals surface area (Å²) in [4.78, 5) is 21.6. The van der Waals surface area contributed by atoms with Gasteiger partial charge in [-0.25, -0.2) is 4.98 Å². The van der Waals surface area contributed by atoms with Gasteiger partial charge in [0, 0.05) is 19.2 Å². The first-order chi connectivity index (χ1) is 7.91. The lowest BCUT2D eigenvalue weighted by atomic mass is 9.99. The second-order valence-corrected chi connectivity index (χ2v) is 4.76. The van der Waals surface area contributed by atoms with E-state index in [1.54, 1.807) is 6.07 Å². The average molecular weight is 256 g/mol. The van der Waals surface area contributed by atoms with Crippen LogP contribution in [0.3, 0.4) is 0 Å². The summed E-state index contributed by atoms with van der Waals surface area (Å²) in [6.07, 6.45) is 0. The van der Waals surface area contributed by atoms with Gasteiger partial charge in [-0.1, -0.05) is 11.6 Å². The van der Waals surface area contributed by atoms with E-state index in [4.69, 9.17) is 17.3 Å². The molecule has 0 spiro atoms. The molecule has 2 rings (SSSR count). The number of nitrogen functional groups attached to an aromatic ring is 1. The minimum absolute atomic E-state index is 0.0444. The van der Waals surface area contributed by atoms with E-state index in [0.29, 0.717) is 18.9 Å². The molecular weight excluding hydrogens is 242 g/mol. The molecule has 2 heterocycles. The smallest absolute Gasteiger partial charge is 0.245 e. The highest BCUT2D eigenvalue weighted by molar-refractivity contribution is 6.29. The highest BCUT2D eigenvalue weighted by Gasteiger charge is 2.38. The Morgan fingerprint density at radius 1 is 1.53 bits per heavy atom. The molecule has 1 aromatic heterocycles. The lowest BCUT2D eigenvalue weighted by molar-refractivity contribution is -0.126. The fraction of sp³-hybridized carbons (Fsp3) is 0.500. The molecule has 17 heavy (non-hydrogen) atoms. The number of carbonyl (C=O) groups excluding carboxylic acids is 1. The second-order valence-electron chi connectivity index (χ2n) is 4.37. The molecule has 0 unspecified atom stereocenters. The largest absolute Gasteiger partial charge is 0.368 e. The Labute approximate surface area is 104 Å². The second kappa shape index (κ2) is 4.03. The molecule has 0 radical (unpaired) electrons. The van der Waals surface area contributed by atoms with E-state index in [1.807, 2.05) is 18.7 Å². The molecule has 6 nitrogen and oxygen atoms in total. The maximum absolute atomic E-state index is 11.8. The van der Waals surface area contributed by atoms with Gasteiger partial charge in [0.15, 0.2) is 0 Å². The fourth-order valence-electron chi connectivity index (χ4n) is 1.86. The normalized spacial score (nSPS) is 19.0. The first-order valence-corrected chi connectivity index (χ1v) is 5.65. The molecule has 1 aliphatic rings.